The van der Waals surface area contributed by atoms with Crippen molar-refractivity contribution in [3.8, 4) is 0 Å². The first-order chi connectivity index (χ1) is 7.66. The Balaban J connectivity index is 2.12. The lowest BCUT2D eigenvalue weighted by Gasteiger charge is -2.06. The smallest absolute Gasteiger partial charge is 0.161 e. The number of thiazole rings is 1. The minimum absolute atomic E-state index is 0.0769. The molecule has 0 atom stereocenters. The molecule has 0 unspecified atom stereocenters. The van der Waals surface area contributed by atoms with E-state index >= 15 is 0 Å². The van der Waals surface area contributed by atoms with Crippen molar-refractivity contribution in [2.75, 3.05) is 5.32 Å². The van der Waals surface area contributed by atoms with Gasteiger partial charge in [0.2, 0.25) is 0 Å². The molecule has 0 aliphatic heterocycles. The third-order valence-corrected chi connectivity index (χ3v) is 2.59. The SMILES string of the molecule is Fc1cc(F)c(NCc2cscn2)cc1F. The summed E-state index contributed by atoms with van der Waals surface area (Å²) in [5.41, 5.74) is 2.28. The van der Waals surface area contributed by atoms with Crippen LogP contribution >= 0.6 is 11.3 Å². The largest absolute Gasteiger partial charge is 0.377 e. The van der Waals surface area contributed by atoms with Crippen LogP contribution in [0.5, 0.6) is 0 Å². The van der Waals surface area contributed by atoms with Gasteiger partial charge in [-0.25, -0.2) is 18.2 Å². The molecule has 0 saturated heterocycles. The molecule has 1 aromatic carbocycles. The summed E-state index contributed by atoms with van der Waals surface area (Å²) in [6.07, 6.45) is 0. The van der Waals surface area contributed by atoms with Crippen molar-refractivity contribution in [2.24, 2.45) is 0 Å². The summed E-state index contributed by atoms with van der Waals surface area (Å²) in [4.78, 5) is 3.97. The number of hydrogen-bond acceptors (Lipinski definition) is 3. The van der Waals surface area contributed by atoms with Crippen LogP contribution < -0.4 is 5.32 Å². The van der Waals surface area contributed by atoms with E-state index in [0.29, 0.717) is 11.8 Å². The summed E-state index contributed by atoms with van der Waals surface area (Å²) in [5.74, 6) is -3.10. The Kier molecular flexibility index (Phi) is 3.09. The zero-order valence-corrected chi connectivity index (χ0v) is 8.82. The van der Waals surface area contributed by atoms with Crippen LogP contribution in [0.15, 0.2) is 23.0 Å². The second-order valence-electron chi connectivity index (χ2n) is 3.08. The standard InChI is InChI=1S/C10H7F3N2S/c11-7-1-9(13)10(2-8(7)12)14-3-6-4-16-5-15-6/h1-2,4-5,14H,3H2. The maximum Gasteiger partial charge on any atom is 0.161 e. The second kappa shape index (κ2) is 4.52. The number of nitrogens with one attached hydrogen (secondary N) is 1. The Morgan fingerprint density at radius 1 is 1.12 bits per heavy atom. The molecular formula is C10H7F3N2S. The summed E-state index contributed by atoms with van der Waals surface area (Å²) in [7, 11) is 0. The highest BCUT2D eigenvalue weighted by Crippen LogP contribution is 2.19. The molecule has 0 bridgehead atoms. The van der Waals surface area contributed by atoms with Gasteiger partial charge in [0.1, 0.15) is 5.82 Å². The number of hydrogen-bond donors (Lipinski definition) is 1. The van der Waals surface area contributed by atoms with Gasteiger partial charge in [0.15, 0.2) is 11.6 Å². The third kappa shape index (κ3) is 2.33. The number of anilines is 1. The number of benzene rings is 1. The Morgan fingerprint density at radius 3 is 2.56 bits per heavy atom. The molecule has 16 heavy (non-hydrogen) atoms. The van der Waals surface area contributed by atoms with Crippen molar-refractivity contribution in [1.29, 1.82) is 0 Å². The van der Waals surface area contributed by atoms with Gasteiger partial charge in [-0.3, -0.25) is 0 Å². The van der Waals surface area contributed by atoms with E-state index in [0.717, 1.165) is 6.07 Å². The molecule has 0 amide bonds. The lowest BCUT2D eigenvalue weighted by atomic mass is 10.2. The van der Waals surface area contributed by atoms with Gasteiger partial charge in [0.25, 0.3) is 0 Å². The van der Waals surface area contributed by atoms with E-state index in [4.69, 9.17) is 0 Å². The van der Waals surface area contributed by atoms with Gasteiger partial charge < -0.3 is 5.32 Å². The van der Waals surface area contributed by atoms with Crippen molar-refractivity contribution in [1.82, 2.24) is 4.98 Å². The van der Waals surface area contributed by atoms with Crippen molar-refractivity contribution in [3.05, 3.63) is 46.2 Å². The predicted octanol–water partition coefficient (Wildman–Crippen LogP) is 3.17. The summed E-state index contributed by atoms with van der Waals surface area (Å²) in [6, 6.07) is 1.30. The molecule has 0 radical (unpaired) electrons. The first-order valence-electron chi connectivity index (χ1n) is 4.42. The van der Waals surface area contributed by atoms with Crippen LogP contribution in [0.4, 0.5) is 18.9 Å². The molecule has 0 saturated carbocycles. The topological polar surface area (TPSA) is 24.9 Å². The minimum Gasteiger partial charge on any atom is -0.377 e. The summed E-state index contributed by atoms with van der Waals surface area (Å²) in [5, 5.41) is 4.43. The number of halogens is 3. The van der Waals surface area contributed by atoms with E-state index in [1.165, 1.54) is 11.3 Å². The third-order valence-electron chi connectivity index (χ3n) is 1.95. The summed E-state index contributed by atoms with van der Waals surface area (Å²) >= 11 is 1.41. The Morgan fingerprint density at radius 2 is 1.88 bits per heavy atom. The van der Waals surface area contributed by atoms with Gasteiger partial charge in [-0.05, 0) is 0 Å². The van der Waals surface area contributed by atoms with Gasteiger partial charge in [-0.15, -0.1) is 11.3 Å². The fourth-order valence-corrected chi connectivity index (χ4v) is 1.73. The van der Waals surface area contributed by atoms with E-state index in [-0.39, 0.29) is 12.2 Å². The molecule has 0 fully saturated rings. The quantitative estimate of drug-likeness (QED) is 0.839. The first kappa shape index (κ1) is 10.9. The van der Waals surface area contributed by atoms with Crippen LogP contribution in [-0.2, 0) is 6.54 Å². The zero-order valence-electron chi connectivity index (χ0n) is 8.01. The molecule has 0 aliphatic rings. The highest BCUT2D eigenvalue weighted by Gasteiger charge is 2.09. The molecule has 0 spiro atoms. The van der Waals surface area contributed by atoms with Crippen molar-refractivity contribution in [3.63, 3.8) is 0 Å². The lowest BCUT2D eigenvalue weighted by Crippen LogP contribution is -2.03. The molecular weight excluding hydrogens is 237 g/mol. The van der Waals surface area contributed by atoms with Crippen LogP contribution in [0.2, 0.25) is 0 Å². The van der Waals surface area contributed by atoms with E-state index in [2.05, 4.69) is 10.3 Å². The van der Waals surface area contributed by atoms with Crippen LogP contribution in [0.25, 0.3) is 0 Å². The number of nitrogens with zero attached hydrogens (tertiary/aromatic N) is 1. The van der Waals surface area contributed by atoms with E-state index in [1.807, 2.05) is 0 Å². The van der Waals surface area contributed by atoms with E-state index < -0.39 is 17.5 Å². The molecule has 1 aromatic heterocycles. The van der Waals surface area contributed by atoms with Gasteiger partial charge in [0.05, 0.1) is 23.4 Å². The van der Waals surface area contributed by atoms with Crippen molar-refractivity contribution < 1.29 is 13.2 Å². The Bertz CT molecular complexity index is 485. The zero-order chi connectivity index (χ0) is 11.5. The summed E-state index contributed by atoms with van der Waals surface area (Å²) in [6.45, 7) is 0.269. The highest BCUT2D eigenvalue weighted by molar-refractivity contribution is 7.07. The molecule has 6 heteroatoms. The van der Waals surface area contributed by atoms with Crippen LogP contribution in [0, 0.1) is 17.5 Å². The van der Waals surface area contributed by atoms with E-state index in [9.17, 15) is 13.2 Å². The second-order valence-corrected chi connectivity index (χ2v) is 3.80. The Labute approximate surface area is 93.8 Å². The maximum atomic E-state index is 13.2. The number of aromatic nitrogens is 1. The average Bonchev–Trinajstić information content (AvgIpc) is 2.74. The van der Waals surface area contributed by atoms with Gasteiger partial charge in [-0.1, -0.05) is 0 Å². The monoisotopic (exact) mass is 244 g/mol. The first-order valence-corrected chi connectivity index (χ1v) is 5.36. The Hall–Kier alpha value is -1.56. The van der Waals surface area contributed by atoms with Crippen LogP contribution in [0.1, 0.15) is 5.69 Å². The van der Waals surface area contributed by atoms with Crippen LogP contribution in [-0.4, -0.2) is 4.98 Å². The maximum absolute atomic E-state index is 13.2. The molecule has 1 heterocycles. The predicted molar refractivity (Wildman–Crippen MR) is 55.8 cm³/mol. The molecule has 1 N–H and O–H groups in total. The van der Waals surface area contributed by atoms with Crippen molar-refractivity contribution >= 4 is 17.0 Å². The van der Waals surface area contributed by atoms with Gasteiger partial charge in [0, 0.05) is 17.5 Å². The van der Waals surface area contributed by atoms with Gasteiger partial charge in [-0.2, -0.15) is 0 Å². The minimum atomic E-state index is -1.20. The van der Waals surface area contributed by atoms with E-state index in [1.54, 1.807) is 10.9 Å². The molecule has 2 rings (SSSR count). The molecule has 84 valence electrons. The van der Waals surface area contributed by atoms with Crippen LogP contribution in [0.3, 0.4) is 0 Å². The normalized spacial score (nSPS) is 10.4. The number of rotatable bonds is 3. The summed E-state index contributed by atoms with van der Waals surface area (Å²) < 4.78 is 38.6. The fourth-order valence-electron chi connectivity index (χ4n) is 1.17. The average molecular weight is 244 g/mol. The molecule has 2 nitrogen and oxygen atoms in total. The molecule has 2 aromatic rings. The lowest BCUT2D eigenvalue weighted by molar-refractivity contribution is 0.496. The highest BCUT2D eigenvalue weighted by atomic mass is 32.1. The van der Waals surface area contributed by atoms with Crippen molar-refractivity contribution in [2.45, 2.75) is 6.54 Å². The fraction of sp³-hybridized carbons (Fsp3) is 0.100. The van der Waals surface area contributed by atoms with Gasteiger partial charge >= 0.3 is 0 Å². The molecule has 0 aliphatic carbocycles.